The Kier molecular flexibility index (Phi) is 3.69. The lowest BCUT2D eigenvalue weighted by Crippen LogP contribution is -2.42. The topological polar surface area (TPSA) is 91.4 Å². The normalized spacial score (nSPS) is 42.7. The third kappa shape index (κ3) is 2.64. The van der Waals surface area contributed by atoms with E-state index < -0.39 is 41.3 Å². The molecule has 4 heterocycles. The molecule has 6 atom stereocenters. The molecule has 2 saturated heterocycles. The summed E-state index contributed by atoms with van der Waals surface area (Å²) in [6, 6.07) is 0. The zero-order valence-electron chi connectivity index (χ0n) is 15.7. The highest BCUT2D eigenvalue weighted by molar-refractivity contribution is 6.00. The Morgan fingerprint density at radius 3 is 2.63 bits per heavy atom. The summed E-state index contributed by atoms with van der Waals surface area (Å²) >= 11 is 0. The van der Waals surface area contributed by atoms with Crippen molar-refractivity contribution in [3.8, 4) is 0 Å². The van der Waals surface area contributed by atoms with Gasteiger partial charge >= 0.3 is 11.9 Å². The summed E-state index contributed by atoms with van der Waals surface area (Å²) in [5.74, 6) is -1.40. The minimum atomic E-state index is -1.13. The molecule has 0 N–H and O–H groups in total. The average molecular weight is 374 g/mol. The van der Waals surface area contributed by atoms with Crippen LogP contribution in [0.2, 0.25) is 0 Å². The Hall–Kier alpha value is -2.41. The molecule has 4 aliphatic rings. The fraction of sp³-hybridized carbons (Fsp3) is 0.550. The molecule has 4 rings (SSSR count). The quantitative estimate of drug-likeness (QED) is 0.413. The summed E-state index contributed by atoms with van der Waals surface area (Å²) in [5.41, 5.74) is -1.25. The van der Waals surface area contributed by atoms with Crippen LogP contribution in [0.1, 0.15) is 34.1 Å². The number of ketones is 1. The van der Waals surface area contributed by atoms with Gasteiger partial charge in [0.15, 0.2) is 11.2 Å². The maximum atomic E-state index is 12.6. The van der Waals surface area contributed by atoms with Gasteiger partial charge in [0, 0.05) is 18.1 Å². The number of hydrogen-bond acceptors (Lipinski definition) is 7. The number of hydrogen-bond donors (Lipinski definition) is 0. The van der Waals surface area contributed by atoms with Gasteiger partial charge < -0.3 is 18.9 Å². The van der Waals surface area contributed by atoms with Crippen LogP contribution in [-0.4, -0.2) is 47.2 Å². The summed E-state index contributed by atoms with van der Waals surface area (Å²) < 4.78 is 22.4. The Balaban J connectivity index is 1.73. The molecule has 27 heavy (non-hydrogen) atoms. The van der Waals surface area contributed by atoms with Gasteiger partial charge in [-0.2, -0.15) is 0 Å². The van der Waals surface area contributed by atoms with Gasteiger partial charge in [-0.1, -0.05) is 6.58 Å². The van der Waals surface area contributed by atoms with Crippen LogP contribution in [-0.2, 0) is 33.3 Å². The van der Waals surface area contributed by atoms with E-state index in [-0.39, 0.29) is 23.9 Å². The molecule has 144 valence electrons. The fourth-order valence-corrected chi connectivity index (χ4v) is 3.87. The summed E-state index contributed by atoms with van der Waals surface area (Å²) in [6.45, 7) is 10.7. The van der Waals surface area contributed by atoms with Crippen molar-refractivity contribution < 1.29 is 33.3 Å². The van der Waals surface area contributed by atoms with Crippen LogP contribution in [0.25, 0.3) is 0 Å². The first-order chi connectivity index (χ1) is 12.5. The standard InChI is InChI=1S/C20H22O7/c1-9-6-13(25-18(23)20(5)11(3)26-20)16-10(2)17(22)24-14(16)8-19(4)15(21)7-12(9)27-19/h6-7,11,13-14,16H,2,8H2,1,3-5H3. The number of carbonyl (C=O) groups is 3. The Morgan fingerprint density at radius 1 is 1.33 bits per heavy atom. The molecular formula is C20H22O7. The smallest absolute Gasteiger partial charge is 0.341 e. The first-order valence-electron chi connectivity index (χ1n) is 8.98. The van der Waals surface area contributed by atoms with E-state index in [0.717, 1.165) is 0 Å². The molecule has 0 aliphatic carbocycles. The molecular weight excluding hydrogens is 352 g/mol. The molecule has 7 nitrogen and oxygen atoms in total. The molecule has 0 aromatic carbocycles. The first-order valence-corrected chi connectivity index (χ1v) is 8.98. The molecule has 0 aromatic heterocycles. The predicted molar refractivity (Wildman–Crippen MR) is 92.3 cm³/mol. The molecule has 0 saturated carbocycles. The van der Waals surface area contributed by atoms with Gasteiger partial charge in [-0.3, -0.25) is 4.79 Å². The Bertz CT molecular complexity index is 837. The molecule has 4 aliphatic heterocycles. The number of ether oxygens (including phenoxy) is 4. The fourth-order valence-electron chi connectivity index (χ4n) is 3.87. The second kappa shape index (κ2) is 5.55. The summed E-state index contributed by atoms with van der Waals surface area (Å²) in [4.78, 5) is 37.2. The van der Waals surface area contributed by atoms with Crippen LogP contribution in [0.4, 0.5) is 0 Å². The van der Waals surface area contributed by atoms with Gasteiger partial charge in [0.1, 0.15) is 18.0 Å². The van der Waals surface area contributed by atoms with Crippen LogP contribution in [0.5, 0.6) is 0 Å². The Labute approximate surface area is 157 Å². The maximum Gasteiger partial charge on any atom is 0.341 e. The van der Waals surface area contributed by atoms with Gasteiger partial charge in [0.2, 0.25) is 5.78 Å². The summed E-state index contributed by atoms with van der Waals surface area (Å²) in [6.07, 6.45) is 1.58. The van der Waals surface area contributed by atoms with Gasteiger partial charge in [0.25, 0.3) is 0 Å². The minimum absolute atomic E-state index is 0.153. The van der Waals surface area contributed by atoms with E-state index in [9.17, 15) is 14.4 Å². The average Bonchev–Trinajstić information content (AvgIpc) is 2.94. The second-order valence-electron chi connectivity index (χ2n) is 7.99. The van der Waals surface area contributed by atoms with Gasteiger partial charge in [-0.15, -0.1) is 0 Å². The van der Waals surface area contributed by atoms with Gasteiger partial charge in [-0.25, -0.2) is 9.59 Å². The largest absolute Gasteiger partial charge is 0.479 e. The minimum Gasteiger partial charge on any atom is -0.479 e. The highest BCUT2D eigenvalue weighted by Gasteiger charge is 2.59. The number of carbonyl (C=O) groups excluding carboxylic acids is 3. The zero-order valence-corrected chi connectivity index (χ0v) is 15.7. The monoisotopic (exact) mass is 374 g/mol. The van der Waals surface area contributed by atoms with E-state index in [2.05, 4.69) is 6.58 Å². The van der Waals surface area contributed by atoms with E-state index in [1.165, 1.54) is 6.08 Å². The van der Waals surface area contributed by atoms with Crippen LogP contribution in [0, 0.1) is 5.92 Å². The van der Waals surface area contributed by atoms with Crippen molar-refractivity contribution in [1.82, 2.24) is 0 Å². The lowest BCUT2D eigenvalue weighted by Gasteiger charge is -2.29. The molecule has 0 aromatic rings. The predicted octanol–water partition coefficient (Wildman–Crippen LogP) is 1.77. The first kappa shape index (κ1) is 18.0. The third-order valence-electron chi connectivity index (χ3n) is 5.98. The summed E-state index contributed by atoms with van der Waals surface area (Å²) in [5, 5.41) is 0. The van der Waals surface area contributed by atoms with Crippen molar-refractivity contribution in [2.75, 3.05) is 0 Å². The van der Waals surface area contributed by atoms with Gasteiger partial charge in [-0.05, 0) is 39.3 Å². The van der Waals surface area contributed by atoms with Crippen molar-refractivity contribution in [2.24, 2.45) is 5.92 Å². The zero-order chi connectivity index (χ0) is 19.7. The lowest BCUT2D eigenvalue weighted by atomic mass is 9.83. The van der Waals surface area contributed by atoms with E-state index in [4.69, 9.17) is 18.9 Å². The Morgan fingerprint density at radius 2 is 2.00 bits per heavy atom. The summed E-state index contributed by atoms with van der Waals surface area (Å²) in [7, 11) is 0. The van der Waals surface area contributed by atoms with Crippen LogP contribution in [0.3, 0.4) is 0 Å². The SMILES string of the molecule is C=C1C(=O)OC2CC3(C)OC(=CC3=O)C(C)=CC(OC(=O)C3(C)OC3C)C12. The van der Waals surface area contributed by atoms with Crippen LogP contribution >= 0.6 is 0 Å². The highest BCUT2D eigenvalue weighted by Crippen LogP contribution is 2.44. The maximum absolute atomic E-state index is 12.6. The lowest BCUT2D eigenvalue weighted by molar-refractivity contribution is -0.156. The molecule has 0 spiro atoms. The highest BCUT2D eigenvalue weighted by atomic mass is 16.7. The van der Waals surface area contributed by atoms with E-state index >= 15 is 0 Å². The molecule has 6 unspecified atom stereocenters. The van der Waals surface area contributed by atoms with Crippen molar-refractivity contribution in [1.29, 1.82) is 0 Å². The van der Waals surface area contributed by atoms with Crippen molar-refractivity contribution in [3.05, 3.63) is 35.6 Å². The molecule has 2 fully saturated rings. The van der Waals surface area contributed by atoms with Crippen LogP contribution < -0.4 is 0 Å². The van der Waals surface area contributed by atoms with Gasteiger partial charge in [0.05, 0.1) is 12.0 Å². The number of esters is 2. The van der Waals surface area contributed by atoms with E-state index in [1.807, 2.05) is 0 Å². The van der Waals surface area contributed by atoms with E-state index in [0.29, 0.717) is 11.3 Å². The van der Waals surface area contributed by atoms with Crippen LogP contribution in [0.15, 0.2) is 35.6 Å². The molecule has 0 amide bonds. The third-order valence-corrected chi connectivity index (χ3v) is 5.98. The number of fused-ring (bicyclic) bond motifs is 3. The second-order valence-corrected chi connectivity index (χ2v) is 7.99. The number of epoxide rings is 1. The van der Waals surface area contributed by atoms with Crippen molar-refractivity contribution >= 4 is 17.7 Å². The van der Waals surface area contributed by atoms with Crippen molar-refractivity contribution in [3.63, 3.8) is 0 Å². The van der Waals surface area contributed by atoms with Crippen molar-refractivity contribution in [2.45, 2.75) is 63.6 Å². The molecule has 7 heteroatoms. The number of allylic oxidation sites excluding steroid dienone is 1. The molecule has 0 radical (unpaired) electrons. The molecule has 2 bridgehead atoms. The van der Waals surface area contributed by atoms with E-state index in [1.54, 1.807) is 33.8 Å². The number of rotatable bonds is 2.